The Morgan fingerprint density at radius 2 is 2.04 bits per heavy atom. The van der Waals surface area contributed by atoms with Gasteiger partial charge in [0.05, 0.1) is 30.3 Å². The van der Waals surface area contributed by atoms with Gasteiger partial charge < -0.3 is 14.4 Å². The van der Waals surface area contributed by atoms with E-state index in [1.165, 1.54) is 0 Å². The molecular weight excluding hydrogens is 349 g/mol. The van der Waals surface area contributed by atoms with Crippen LogP contribution in [-0.4, -0.2) is 37.6 Å². The number of methoxy groups -OCH3 is 1. The van der Waals surface area contributed by atoms with Crippen LogP contribution in [-0.2, 0) is 4.74 Å². The number of carbonyl (C=O) groups is 1. The molecule has 1 heterocycles. The van der Waals surface area contributed by atoms with Gasteiger partial charge in [0.25, 0.3) is 5.91 Å². The number of ether oxygens (including phenoxy) is 2. The summed E-state index contributed by atoms with van der Waals surface area (Å²) in [5.41, 5.74) is 1.51. The minimum absolute atomic E-state index is 0.0396. The summed E-state index contributed by atoms with van der Waals surface area (Å²) in [6, 6.07) is 12.6. The van der Waals surface area contributed by atoms with Crippen LogP contribution in [0.15, 0.2) is 42.5 Å². The lowest BCUT2D eigenvalue weighted by Crippen LogP contribution is -2.42. The van der Waals surface area contributed by atoms with E-state index in [1.54, 1.807) is 36.3 Å². The van der Waals surface area contributed by atoms with Gasteiger partial charge in [0.1, 0.15) is 11.9 Å². The van der Waals surface area contributed by atoms with Crippen LogP contribution in [0.1, 0.15) is 22.0 Å². The molecule has 126 valence electrons. The van der Waals surface area contributed by atoms with Gasteiger partial charge in [0, 0.05) is 12.1 Å². The van der Waals surface area contributed by atoms with Crippen molar-refractivity contribution in [3.05, 3.63) is 63.6 Å². The number of carbonyl (C=O) groups excluding carboxylic acids is 1. The molecule has 6 heteroatoms. The summed E-state index contributed by atoms with van der Waals surface area (Å²) >= 11 is 12.0. The van der Waals surface area contributed by atoms with Crippen LogP contribution in [0.4, 0.5) is 0 Å². The smallest absolute Gasteiger partial charge is 0.254 e. The number of morpholine rings is 1. The van der Waals surface area contributed by atoms with Crippen LogP contribution in [0.5, 0.6) is 5.75 Å². The Hall–Kier alpha value is -1.75. The van der Waals surface area contributed by atoms with Crippen LogP contribution < -0.4 is 4.74 Å². The molecule has 1 saturated heterocycles. The Balaban J connectivity index is 1.77. The predicted molar refractivity (Wildman–Crippen MR) is 94.1 cm³/mol. The van der Waals surface area contributed by atoms with E-state index in [-0.39, 0.29) is 12.0 Å². The summed E-state index contributed by atoms with van der Waals surface area (Å²) in [4.78, 5) is 14.5. The molecule has 0 spiro atoms. The van der Waals surface area contributed by atoms with Gasteiger partial charge in [-0.2, -0.15) is 0 Å². The third kappa shape index (κ3) is 3.66. The maximum atomic E-state index is 12.7. The first-order valence-electron chi connectivity index (χ1n) is 7.58. The zero-order valence-corrected chi connectivity index (χ0v) is 14.7. The fourth-order valence-corrected chi connectivity index (χ4v) is 2.99. The van der Waals surface area contributed by atoms with E-state index in [2.05, 4.69) is 0 Å². The van der Waals surface area contributed by atoms with E-state index in [9.17, 15) is 4.79 Å². The Bertz CT molecular complexity index is 751. The molecule has 1 atom stereocenters. The Kier molecular flexibility index (Phi) is 5.29. The van der Waals surface area contributed by atoms with Gasteiger partial charge in [-0.3, -0.25) is 4.79 Å². The molecule has 24 heavy (non-hydrogen) atoms. The molecule has 1 unspecified atom stereocenters. The first kappa shape index (κ1) is 17.1. The maximum absolute atomic E-state index is 12.7. The summed E-state index contributed by atoms with van der Waals surface area (Å²) in [6.45, 7) is 1.49. The van der Waals surface area contributed by atoms with Crippen molar-refractivity contribution >= 4 is 29.1 Å². The van der Waals surface area contributed by atoms with Gasteiger partial charge in [-0.15, -0.1) is 0 Å². The molecule has 0 saturated carbocycles. The molecule has 2 aromatic carbocycles. The molecule has 4 nitrogen and oxygen atoms in total. The monoisotopic (exact) mass is 365 g/mol. The summed E-state index contributed by atoms with van der Waals surface area (Å²) in [5, 5.41) is 0.981. The molecule has 2 aromatic rings. The maximum Gasteiger partial charge on any atom is 0.254 e. The Morgan fingerprint density at radius 3 is 2.79 bits per heavy atom. The fraction of sp³-hybridized carbons (Fsp3) is 0.278. The number of nitrogens with zero attached hydrogens (tertiary/aromatic N) is 1. The van der Waals surface area contributed by atoms with Crippen molar-refractivity contribution in [2.24, 2.45) is 0 Å². The zero-order chi connectivity index (χ0) is 17.1. The van der Waals surface area contributed by atoms with Crippen LogP contribution in [0.25, 0.3) is 0 Å². The minimum Gasteiger partial charge on any atom is -0.497 e. The lowest BCUT2D eigenvalue weighted by molar-refractivity contribution is -0.0228. The predicted octanol–water partition coefficient (Wildman–Crippen LogP) is 4.22. The van der Waals surface area contributed by atoms with Gasteiger partial charge >= 0.3 is 0 Å². The van der Waals surface area contributed by atoms with Crippen LogP contribution in [0.3, 0.4) is 0 Å². The number of rotatable bonds is 3. The Labute approximate surface area is 150 Å². The summed E-state index contributed by atoms with van der Waals surface area (Å²) < 4.78 is 11.0. The van der Waals surface area contributed by atoms with Gasteiger partial charge in [0.2, 0.25) is 0 Å². The number of halogens is 2. The molecule has 1 aliphatic heterocycles. The lowest BCUT2D eigenvalue weighted by atomic mass is 10.1. The van der Waals surface area contributed by atoms with Crippen LogP contribution >= 0.6 is 23.2 Å². The Morgan fingerprint density at radius 1 is 1.21 bits per heavy atom. The average Bonchev–Trinajstić information content (AvgIpc) is 2.63. The topological polar surface area (TPSA) is 38.8 Å². The zero-order valence-electron chi connectivity index (χ0n) is 13.2. The van der Waals surface area contributed by atoms with Gasteiger partial charge in [-0.1, -0.05) is 35.3 Å². The minimum atomic E-state index is -0.219. The van der Waals surface area contributed by atoms with E-state index in [0.29, 0.717) is 41.1 Å². The molecule has 0 bridgehead atoms. The highest BCUT2D eigenvalue weighted by Crippen LogP contribution is 2.29. The van der Waals surface area contributed by atoms with Crippen molar-refractivity contribution in [3.8, 4) is 5.75 Å². The van der Waals surface area contributed by atoms with Crippen molar-refractivity contribution in [1.82, 2.24) is 4.90 Å². The van der Waals surface area contributed by atoms with Crippen LogP contribution in [0.2, 0.25) is 10.0 Å². The number of amides is 1. The molecular formula is C18H17Cl2NO3. The highest BCUT2D eigenvalue weighted by atomic mass is 35.5. The van der Waals surface area contributed by atoms with Gasteiger partial charge in [0.15, 0.2) is 0 Å². The SMILES string of the molecule is COc1cccc(C(=O)N2CCOC(c3ccc(Cl)c(Cl)c3)C2)c1. The lowest BCUT2D eigenvalue weighted by Gasteiger charge is -2.33. The van der Waals surface area contributed by atoms with Crippen molar-refractivity contribution < 1.29 is 14.3 Å². The van der Waals surface area contributed by atoms with Crippen molar-refractivity contribution in [2.45, 2.75) is 6.10 Å². The molecule has 3 rings (SSSR count). The van der Waals surface area contributed by atoms with Crippen LogP contribution in [0, 0.1) is 0 Å². The first-order valence-corrected chi connectivity index (χ1v) is 8.34. The average molecular weight is 366 g/mol. The van der Waals surface area contributed by atoms with Gasteiger partial charge in [-0.25, -0.2) is 0 Å². The highest BCUT2D eigenvalue weighted by molar-refractivity contribution is 6.42. The van der Waals surface area contributed by atoms with E-state index in [4.69, 9.17) is 32.7 Å². The summed E-state index contributed by atoms with van der Waals surface area (Å²) in [7, 11) is 1.58. The van der Waals surface area contributed by atoms with Crippen molar-refractivity contribution in [3.63, 3.8) is 0 Å². The molecule has 0 radical (unpaired) electrons. The van der Waals surface area contributed by atoms with E-state index >= 15 is 0 Å². The van der Waals surface area contributed by atoms with E-state index < -0.39 is 0 Å². The second-order valence-electron chi connectivity index (χ2n) is 5.52. The van der Waals surface area contributed by atoms with Crippen molar-refractivity contribution in [1.29, 1.82) is 0 Å². The highest BCUT2D eigenvalue weighted by Gasteiger charge is 2.26. The second-order valence-corrected chi connectivity index (χ2v) is 6.33. The summed E-state index contributed by atoms with van der Waals surface area (Å²) in [5.74, 6) is 0.623. The molecule has 1 aliphatic rings. The number of hydrogen-bond acceptors (Lipinski definition) is 3. The normalized spacial score (nSPS) is 17.6. The summed E-state index contributed by atoms with van der Waals surface area (Å²) in [6.07, 6.45) is -0.219. The number of hydrogen-bond donors (Lipinski definition) is 0. The fourth-order valence-electron chi connectivity index (χ4n) is 2.69. The van der Waals surface area contributed by atoms with E-state index in [0.717, 1.165) is 5.56 Å². The number of benzene rings is 2. The second kappa shape index (κ2) is 7.43. The molecule has 1 fully saturated rings. The molecule has 1 amide bonds. The van der Waals surface area contributed by atoms with Gasteiger partial charge in [-0.05, 0) is 35.9 Å². The van der Waals surface area contributed by atoms with Crippen molar-refractivity contribution in [2.75, 3.05) is 26.8 Å². The standard InChI is InChI=1S/C18H17Cl2NO3/c1-23-14-4-2-3-13(9-14)18(22)21-7-8-24-17(11-21)12-5-6-15(19)16(20)10-12/h2-6,9-10,17H,7-8,11H2,1H3. The molecule has 0 aromatic heterocycles. The third-order valence-electron chi connectivity index (χ3n) is 3.99. The van der Waals surface area contributed by atoms with E-state index in [1.807, 2.05) is 18.2 Å². The molecule has 0 N–H and O–H groups in total. The first-order chi connectivity index (χ1) is 11.6. The largest absolute Gasteiger partial charge is 0.497 e. The molecule has 0 aliphatic carbocycles. The third-order valence-corrected chi connectivity index (χ3v) is 4.72. The quantitative estimate of drug-likeness (QED) is 0.817.